The van der Waals surface area contributed by atoms with Crippen LogP contribution < -0.4 is 0 Å². The van der Waals surface area contributed by atoms with Crippen LogP contribution in [0.1, 0.15) is 0 Å². The molecule has 1 rings (SSSR count). The Morgan fingerprint density at radius 3 is 0.889 bits per heavy atom. The summed E-state index contributed by atoms with van der Waals surface area (Å²) in [6.07, 6.45) is 0. The number of hydrogen-bond donors (Lipinski definition) is 0. The Bertz CT molecular complexity index is 111. The standard InChI is InChI=1S/C3Cl2F4/c4-1(5)2(6,7)3(1,8)9. The van der Waals surface area contributed by atoms with E-state index in [2.05, 4.69) is 23.2 Å². The Balaban J connectivity index is 2.91. The van der Waals surface area contributed by atoms with E-state index in [9.17, 15) is 17.6 Å². The Hall–Kier alpha value is 0.300. The predicted molar refractivity (Wildman–Crippen MR) is 24.3 cm³/mol. The van der Waals surface area contributed by atoms with Crippen molar-refractivity contribution in [3.05, 3.63) is 0 Å². The molecule has 0 nitrogen and oxygen atoms in total. The van der Waals surface area contributed by atoms with Crippen molar-refractivity contribution >= 4 is 23.2 Å². The Labute approximate surface area is 57.7 Å². The van der Waals surface area contributed by atoms with Gasteiger partial charge in [-0.15, -0.1) is 0 Å². The maximum atomic E-state index is 11.7. The first-order valence-electron chi connectivity index (χ1n) is 1.88. The third-order valence-corrected chi connectivity index (χ3v) is 2.07. The summed E-state index contributed by atoms with van der Waals surface area (Å²) in [7, 11) is 0. The topological polar surface area (TPSA) is 0 Å². The second-order valence-electron chi connectivity index (χ2n) is 1.72. The molecule has 0 bridgehead atoms. The van der Waals surface area contributed by atoms with E-state index in [1.54, 1.807) is 0 Å². The molecule has 0 unspecified atom stereocenters. The lowest BCUT2D eigenvalue weighted by Gasteiger charge is -1.86. The lowest BCUT2D eigenvalue weighted by molar-refractivity contribution is -0.0278. The Kier molecular flexibility index (Phi) is 1.09. The lowest BCUT2D eigenvalue weighted by atomic mass is 10.8. The van der Waals surface area contributed by atoms with Crippen molar-refractivity contribution in [1.82, 2.24) is 0 Å². The van der Waals surface area contributed by atoms with Crippen molar-refractivity contribution in [2.75, 3.05) is 0 Å². The van der Waals surface area contributed by atoms with Crippen LogP contribution in [0.4, 0.5) is 17.6 Å². The molecule has 0 heterocycles. The second-order valence-corrected chi connectivity index (χ2v) is 3.05. The monoisotopic (exact) mass is 182 g/mol. The Morgan fingerprint density at radius 1 is 0.778 bits per heavy atom. The first-order chi connectivity index (χ1) is 3.75. The highest BCUT2D eigenvalue weighted by atomic mass is 35.5. The molecule has 0 N–H and O–H groups in total. The van der Waals surface area contributed by atoms with E-state index in [0.717, 1.165) is 0 Å². The summed E-state index contributed by atoms with van der Waals surface area (Å²) in [5.74, 6) is -8.52. The highest BCUT2D eigenvalue weighted by Gasteiger charge is 2.96. The molecule has 0 radical (unpaired) electrons. The lowest BCUT2D eigenvalue weighted by Crippen LogP contribution is -2.02. The Morgan fingerprint density at radius 2 is 0.889 bits per heavy atom. The first kappa shape index (κ1) is 7.41. The summed E-state index contributed by atoms with van der Waals surface area (Å²) in [4.78, 5) is 0. The van der Waals surface area contributed by atoms with Crippen molar-refractivity contribution in [1.29, 1.82) is 0 Å². The van der Waals surface area contributed by atoms with Gasteiger partial charge in [-0.2, -0.15) is 17.6 Å². The molecule has 0 amide bonds. The second kappa shape index (κ2) is 1.32. The number of hydrogen-bond acceptors (Lipinski definition) is 0. The molecule has 1 saturated carbocycles. The average molecular weight is 183 g/mol. The number of rotatable bonds is 0. The molecule has 0 spiro atoms. The summed E-state index contributed by atoms with van der Waals surface area (Å²) in [5, 5.41) is 0. The summed E-state index contributed by atoms with van der Waals surface area (Å²) in [6, 6.07) is 0. The highest BCUT2D eigenvalue weighted by Crippen LogP contribution is 2.71. The summed E-state index contributed by atoms with van der Waals surface area (Å²) < 4.78 is 43.5. The fraction of sp³-hybridized carbons (Fsp3) is 1.00. The molecule has 9 heavy (non-hydrogen) atoms. The van der Waals surface area contributed by atoms with Crippen molar-refractivity contribution in [3.63, 3.8) is 0 Å². The highest BCUT2D eigenvalue weighted by molar-refractivity contribution is 6.53. The van der Waals surface area contributed by atoms with E-state index in [0.29, 0.717) is 0 Å². The number of alkyl halides is 6. The fourth-order valence-corrected chi connectivity index (χ4v) is 0.736. The maximum Gasteiger partial charge on any atom is 0.352 e. The molecular weight excluding hydrogens is 183 g/mol. The van der Waals surface area contributed by atoms with E-state index in [-0.39, 0.29) is 0 Å². The SMILES string of the molecule is FC1(F)C(F)(F)C1(Cl)Cl. The van der Waals surface area contributed by atoms with Gasteiger partial charge in [-0.25, -0.2) is 0 Å². The van der Waals surface area contributed by atoms with Gasteiger partial charge in [0.15, 0.2) is 0 Å². The first-order valence-corrected chi connectivity index (χ1v) is 2.64. The molecule has 0 aromatic heterocycles. The van der Waals surface area contributed by atoms with Crippen molar-refractivity contribution in [2.45, 2.75) is 16.2 Å². The number of halogens is 6. The van der Waals surface area contributed by atoms with Gasteiger partial charge in [-0.3, -0.25) is 0 Å². The van der Waals surface area contributed by atoms with Gasteiger partial charge in [-0.05, 0) is 0 Å². The van der Waals surface area contributed by atoms with Crippen LogP contribution in [0.3, 0.4) is 0 Å². The van der Waals surface area contributed by atoms with Gasteiger partial charge in [0.25, 0.3) is 4.33 Å². The van der Waals surface area contributed by atoms with Crippen LogP contribution in [0.5, 0.6) is 0 Å². The molecule has 0 aliphatic heterocycles. The van der Waals surface area contributed by atoms with Crippen LogP contribution in [0, 0.1) is 0 Å². The molecule has 1 fully saturated rings. The maximum absolute atomic E-state index is 11.7. The minimum atomic E-state index is -4.26. The largest absolute Gasteiger partial charge is 0.352 e. The van der Waals surface area contributed by atoms with Gasteiger partial charge in [0.05, 0.1) is 0 Å². The molecule has 0 saturated heterocycles. The van der Waals surface area contributed by atoms with Crippen LogP contribution in [0.15, 0.2) is 0 Å². The van der Waals surface area contributed by atoms with Crippen molar-refractivity contribution in [3.8, 4) is 0 Å². The third kappa shape index (κ3) is 0.515. The fourth-order valence-electron chi connectivity index (χ4n) is 0.356. The summed E-state index contributed by atoms with van der Waals surface area (Å²) >= 11 is 8.98. The van der Waals surface area contributed by atoms with E-state index >= 15 is 0 Å². The molecule has 1 aliphatic rings. The van der Waals surface area contributed by atoms with Crippen LogP contribution >= 0.6 is 23.2 Å². The van der Waals surface area contributed by atoms with Crippen LogP contribution in [-0.4, -0.2) is 16.2 Å². The zero-order valence-electron chi connectivity index (χ0n) is 3.77. The van der Waals surface area contributed by atoms with E-state index in [1.807, 2.05) is 0 Å². The van der Waals surface area contributed by atoms with Gasteiger partial charge in [0.2, 0.25) is 0 Å². The van der Waals surface area contributed by atoms with Gasteiger partial charge >= 0.3 is 11.8 Å². The van der Waals surface area contributed by atoms with Crippen LogP contribution in [0.25, 0.3) is 0 Å². The minimum Gasteiger partial charge on any atom is -0.196 e. The average Bonchev–Trinajstić information content (AvgIpc) is 1.84. The van der Waals surface area contributed by atoms with E-state index in [4.69, 9.17) is 0 Å². The van der Waals surface area contributed by atoms with Crippen molar-refractivity contribution in [2.24, 2.45) is 0 Å². The summed E-state index contributed by atoms with van der Waals surface area (Å²) in [5.41, 5.74) is 0. The molecule has 6 heteroatoms. The smallest absolute Gasteiger partial charge is 0.196 e. The van der Waals surface area contributed by atoms with Crippen LogP contribution in [0.2, 0.25) is 0 Å². The quantitative estimate of drug-likeness (QED) is 0.399. The predicted octanol–water partition coefficient (Wildman–Crippen LogP) is 2.44. The summed E-state index contributed by atoms with van der Waals surface area (Å²) in [6.45, 7) is 0. The molecule has 1 aliphatic carbocycles. The normalized spacial score (nSPS) is 34.0. The third-order valence-electron chi connectivity index (χ3n) is 1.12. The zero-order chi connectivity index (χ0) is 7.50. The van der Waals surface area contributed by atoms with Gasteiger partial charge in [0.1, 0.15) is 0 Å². The molecule has 0 aromatic carbocycles. The van der Waals surface area contributed by atoms with Gasteiger partial charge in [0, 0.05) is 0 Å². The molecule has 0 atom stereocenters. The molecule has 54 valence electrons. The molecule has 0 aromatic rings. The van der Waals surface area contributed by atoms with Crippen LogP contribution in [-0.2, 0) is 0 Å². The van der Waals surface area contributed by atoms with Gasteiger partial charge in [-0.1, -0.05) is 23.2 Å². The zero-order valence-corrected chi connectivity index (χ0v) is 5.28. The van der Waals surface area contributed by atoms with E-state index in [1.165, 1.54) is 0 Å². The minimum absolute atomic E-state index is 3.18. The molecular formula is C3Cl2F4. The van der Waals surface area contributed by atoms with Gasteiger partial charge < -0.3 is 0 Å². The van der Waals surface area contributed by atoms with Crippen molar-refractivity contribution < 1.29 is 17.6 Å². The van der Waals surface area contributed by atoms with E-state index < -0.39 is 16.2 Å².